The molecule has 1 aromatic rings. The van der Waals surface area contributed by atoms with E-state index in [0.29, 0.717) is 0 Å². The molecule has 1 unspecified atom stereocenters. The van der Waals surface area contributed by atoms with E-state index in [0.717, 1.165) is 0 Å². The Morgan fingerprint density at radius 1 is 1.62 bits per heavy atom. The molecule has 0 bridgehead atoms. The van der Waals surface area contributed by atoms with Gasteiger partial charge in [-0.15, -0.1) is 0 Å². The molecule has 84 valence electrons. The van der Waals surface area contributed by atoms with Crippen molar-refractivity contribution in [2.24, 2.45) is 5.41 Å². The van der Waals surface area contributed by atoms with Gasteiger partial charge in [0.2, 0.25) is 5.91 Å². The highest BCUT2D eigenvalue weighted by molar-refractivity contribution is 7.80. The number of phenolic OH excluding ortho intramolecular Hbond substituents is 1. The molecule has 5 heteroatoms. The van der Waals surface area contributed by atoms with Crippen LogP contribution < -0.4 is 5.32 Å². The SMILES string of the molecule is CC(C#N)(CS)C(=O)Nc1ccccc1O. The molecule has 1 atom stereocenters. The van der Waals surface area contributed by atoms with E-state index in [2.05, 4.69) is 17.9 Å². The predicted molar refractivity (Wildman–Crippen MR) is 64.3 cm³/mol. The van der Waals surface area contributed by atoms with E-state index in [9.17, 15) is 9.90 Å². The molecular formula is C11H12N2O2S. The van der Waals surface area contributed by atoms with Crippen molar-refractivity contribution in [3.8, 4) is 11.8 Å². The Hall–Kier alpha value is -1.67. The molecule has 0 fully saturated rings. The predicted octanol–water partition coefficient (Wildman–Crippen LogP) is 1.79. The molecular weight excluding hydrogens is 224 g/mol. The highest BCUT2D eigenvalue weighted by Crippen LogP contribution is 2.25. The first-order chi connectivity index (χ1) is 7.53. The Morgan fingerprint density at radius 2 is 2.25 bits per heavy atom. The number of nitrogens with one attached hydrogen (secondary N) is 1. The van der Waals surface area contributed by atoms with Crippen molar-refractivity contribution in [3.05, 3.63) is 24.3 Å². The Balaban J connectivity index is 2.88. The van der Waals surface area contributed by atoms with Gasteiger partial charge in [0.1, 0.15) is 11.2 Å². The average Bonchev–Trinajstić information content (AvgIpc) is 2.31. The van der Waals surface area contributed by atoms with Gasteiger partial charge in [0, 0.05) is 5.75 Å². The number of carbonyl (C=O) groups is 1. The van der Waals surface area contributed by atoms with Gasteiger partial charge in [-0.25, -0.2) is 0 Å². The van der Waals surface area contributed by atoms with E-state index < -0.39 is 11.3 Å². The minimum atomic E-state index is -1.20. The summed E-state index contributed by atoms with van der Waals surface area (Å²) in [4.78, 5) is 11.8. The van der Waals surface area contributed by atoms with Crippen molar-refractivity contribution < 1.29 is 9.90 Å². The molecule has 0 spiro atoms. The number of amides is 1. The monoisotopic (exact) mass is 236 g/mol. The summed E-state index contributed by atoms with van der Waals surface area (Å²) < 4.78 is 0. The molecule has 0 aliphatic rings. The van der Waals surface area contributed by atoms with Crippen LogP contribution in [-0.2, 0) is 4.79 Å². The Kier molecular flexibility index (Phi) is 3.80. The minimum Gasteiger partial charge on any atom is -0.506 e. The molecule has 0 saturated carbocycles. The fourth-order valence-electron chi connectivity index (χ4n) is 0.998. The number of carbonyl (C=O) groups excluding carboxylic acids is 1. The molecule has 0 aliphatic heterocycles. The highest BCUT2D eigenvalue weighted by Gasteiger charge is 2.32. The second kappa shape index (κ2) is 4.90. The van der Waals surface area contributed by atoms with Crippen LogP contribution in [0.4, 0.5) is 5.69 Å². The third-order valence-corrected chi connectivity index (χ3v) is 2.85. The van der Waals surface area contributed by atoms with Crippen molar-refractivity contribution in [1.82, 2.24) is 0 Å². The number of rotatable bonds is 3. The first-order valence-corrected chi connectivity index (χ1v) is 5.28. The second-order valence-electron chi connectivity index (χ2n) is 3.57. The zero-order chi connectivity index (χ0) is 12.2. The Morgan fingerprint density at radius 3 is 2.75 bits per heavy atom. The summed E-state index contributed by atoms with van der Waals surface area (Å²) in [6.07, 6.45) is 0. The number of hydrogen-bond acceptors (Lipinski definition) is 4. The third-order valence-electron chi connectivity index (χ3n) is 2.22. The second-order valence-corrected chi connectivity index (χ2v) is 3.89. The molecule has 0 aliphatic carbocycles. The number of hydrogen-bond donors (Lipinski definition) is 3. The van der Waals surface area contributed by atoms with E-state index >= 15 is 0 Å². The fourth-order valence-corrected chi connectivity index (χ4v) is 1.21. The largest absolute Gasteiger partial charge is 0.506 e. The van der Waals surface area contributed by atoms with Gasteiger partial charge >= 0.3 is 0 Å². The third kappa shape index (κ3) is 2.47. The summed E-state index contributed by atoms with van der Waals surface area (Å²) in [5.41, 5.74) is -0.915. The number of anilines is 1. The standard InChI is InChI=1S/C11H12N2O2S/c1-11(6-12,7-16)10(15)13-8-4-2-3-5-9(8)14/h2-5,14,16H,7H2,1H3,(H,13,15). The van der Waals surface area contributed by atoms with Gasteiger partial charge in [-0.1, -0.05) is 12.1 Å². The molecule has 2 N–H and O–H groups in total. The summed E-state index contributed by atoms with van der Waals surface area (Å²) in [7, 11) is 0. The lowest BCUT2D eigenvalue weighted by Gasteiger charge is -2.18. The van der Waals surface area contributed by atoms with Crippen LogP contribution in [0.1, 0.15) is 6.92 Å². The molecule has 4 nitrogen and oxygen atoms in total. The lowest BCUT2D eigenvalue weighted by Crippen LogP contribution is -2.33. The molecule has 0 heterocycles. The summed E-state index contributed by atoms with van der Waals surface area (Å²) in [6, 6.07) is 8.24. The topological polar surface area (TPSA) is 73.1 Å². The van der Waals surface area contributed by atoms with Crippen LogP contribution in [0.2, 0.25) is 0 Å². The van der Waals surface area contributed by atoms with Gasteiger partial charge in [0.25, 0.3) is 0 Å². The number of nitrogens with zero attached hydrogens (tertiary/aromatic N) is 1. The van der Waals surface area contributed by atoms with E-state index in [1.54, 1.807) is 18.2 Å². The number of aromatic hydroxyl groups is 1. The summed E-state index contributed by atoms with van der Waals surface area (Å²) in [5.74, 6) is -0.398. The van der Waals surface area contributed by atoms with Gasteiger partial charge in [-0.05, 0) is 19.1 Å². The maximum Gasteiger partial charge on any atom is 0.245 e. The van der Waals surface area contributed by atoms with Crippen molar-refractivity contribution >= 4 is 24.2 Å². The van der Waals surface area contributed by atoms with Crippen LogP contribution in [0.5, 0.6) is 5.75 Å². The van der Waals surface area contributed by atoms with Gasteiger partial charge in [0.15, 0.2) is 0 Å². The molecule has 1 rings (SSSR count). The average molecular weight is 236 g/mol. The van der Waals surface area contributed by atoms with Crippen molar-refractivity contribution in [2.45, 2.75) is 6.92 Å². The Labute approximate surface area is 99.3 Å². The number of benzene rings is 1. The number of thiol groups is 1. The van der Waals surface area contributed by atoms with Gasteiger partial charge in [-0.2, -0.15) is 17.9 Å². The van der Waals surface area contributed by atoms with Crippen molar-refractivity contribution in [1.29, 1.82) is 5.26 Å². The summed E-state index contributed by atoms with van der Waals surface area (Å²) in [6.45, 7) is 1.50. The van der Waals surface area contributed by atoms with E-state index in [4.69, 9.17) is 5.26 Å². The number of phenols is 1. The van der Waals surface area contributed by atoms with Gasteiger partial charge in [0.05, 0.1) is 11.8 Å². The van der Waals surface area contributed by atoms with Crippen LogP contribution in [0.3, 0.4) is 0 Å². The van der Waals surface area contributed by atoms with Gasteiger partial charge in [-0.3, -0.25) is 4.79 Å². The van der Waals surface area contributed by atoms with Crippen molar-refractivity contribution in [2.75, 3.05) is 11.1 Å². The van der Waals surface area contributed by atoms with E-state index in [1.807, 2.05) is 6.07 Å². The lowest BCUT2D eigenvalue weighted by molar-refractivity contribution is -0.121. The van der Waals surface area contributed by atoms with E-state index in [-0.39, 0.29) is 17.2 Å². The van der Waals surface area contributed by atoms with Crippen LogP contribution >= 0.6 is 12.6 Å². The smallest absolute Gasteiger partial charge is 0.245 e. The number of para-hydroxylation sites is 2. The maximum atomic E-state index is 11.8. The molecule has 1 aromatic carbocycles. The molecule has 0 radical (unpaired) electrons. The zero-order valence-electron chi connectivity index (χ0n) is 8.77. The normalized spacial score (nSPS) is 13.6. The van der Waals surface area contributed by atoms with Crippen LogP contribution in [-0.4, -0.2) is 16.8 Å². The van der Waals surface area contributed by atoms with Crippen molar-refractivity contribution in [3.63, 3.8) is 0 Å². The zero-order valence-corrected chi connectivity index (χ0v) is 9.66. The first-order valence-electron chi connectivity index (χ1n) is 4.65. The quantitative estimate of drug-likeness (QED) is 0.553. The highest BCUT2D eigenvalue weighted by atomic mass is 32.1. The minimum absolute atomic E-state index is 0.0321. The number of nitriles is 1. The van der Waals surface area contributed by atoms with Gasteiger partial charge < -0.3 is 10.4 Å². The summed E-state index contributed by atoms with van der Waals surface area (Å²) in [5, 5.41) is 20.8. The summed E-state index contributed by atoms with van der Waals surface area (Å²) >= 11 is 3.97. The van der Waals surface area contributed by atoms with E-state index in [1.165, 1.54) is 13.0 Å². The molecule has 1 amide bonds. The molecule has 0 saturated heterocycles. The van der Waals surface area contributed by atoms with Crippen LogP contribution in [0.25, 0.3) is 0 Å². The molecule has 16 heavy (non-hydrogen) atoms. The maximum absolute atomic E-state index is 11.8. The lowest BCUT2D eigenvalue weighted by atomic mass is 9.94. The van der Waals surface area contributed by atoms with Crippen LogP contribution in [0, 0.1) is 16.7 Å². The first kappa shape index (κ1) is 12.4. The fraction of sp³-hybridized carbons (Fsp3) is 0.273. The van der Waals surface area contributed by atoms with Crippen LogP contribution in [0.15, 0.2) is 24.3 Å². The Bertz CT molecular complexity index is 442. The molecule has 0 aromatic heterocycles.